The summed E-state index contributed by atoms with van der Waals surface area (Å²) >= 11 is 0. The van der Waals surface area contributed by atoms with Gasteiger partial charge in [0.15, 0.2) is 16.1 Å². The van der Waals surface area contributed by atoms with Crippen molar-refractivity contribution in [2.45, 2.75) is 13.1 Å². The molecule has 2 atom stereocenters. The molecule has 2 aromatic heterocycles. The van der Waals surface area contributed by atoms with Crippen LogP contribution in [0.1, 0.15) is 0 Å². The Labute approximate surface area is 404 Å². The third-order valence-corrected chi connectivity index (χ3v) is 26.0. The van der Waals surface area contributed by atoms with Crippen LogP contribution in [-0.4, -0.2) is 16.1 Å². The third-order valence-electron chi connectivity index (χ3n) is 16.9. The molecule has 326 valence electrons. The van der Waals surface area contributed by atoms with Gasteiger partial charge in [-0.05, 0) is 160 Å². The number of furan rings is 2. The normalized spacial score (nSPS) is 17.9. The summed E-state index contributed by atoms with van der Waals surface area (Å²) in [6.45, 7) is 5.10. The van der Waals surface area contributed by atoms with Crippen molar-refractivity contribution >= 4 is 147 Å². The van der Waals surface area contributed by atoms with Crippen LogP contribution in [0.25, 0.3) is 87.7 Å². The minimum Gasteiger partial charge on any atom is -0.456 e. The second-order valence-electron chi connectivity index (χ2n) is 20.2. The topological polar surface area (TPSA) is 32.8 Å². The zero-order chi connectivity index (χ0) is 45.8. The molecule has 6 heterocycles. The highest BCUT2D eigenvalue weighted by atomic mass is 28.3. The van der Waals surface area contributed by atoms with Crippen LogP contribution in [0.3, 0.4) is 0 Å². The van der Waals surface area contributed by atoms with E-state index < -0.39 is 16.1 Å². The molecule has 0 bridgehead atoms. The number of hydrogen-bond acceptors (Lipinski definition) is 4. The summed E-state index contributed by atoms with van der Waals surface area (Å²) in [4.78, 5) is 5.00. The summed E-state index contributed by atoms with van der Waals surface area (Å²) < 4.78 is 13.6. The number of hydrogen-bond donors (Lipinski definition) is 0. The van der Waals surface area contributed by atoms with E-state index in [9.17, 15) is 0 Å². The lowest BCUT2D eigenvalue weighted by atomic mass is 10.00. The number of benzene rings is 11. The molecule has 0 spiro atoms. The zero-order valence-corrected chi connectivity index (χ0v) is 40.3. The molecule has 0 N–H and O–H groups in total. The average Bonchev–Trinajstić information content (AvgIpc) is 4.11. The maximum Gasteiger partial charge on any atom is 0.152 e. The fourth-order valence-electron chi connectivity index (χ4n) is 14.0. The van der Waals surface area contributed by atoms with Gasteiger partial charge in [-0.25, -0.2) is 0 Å². The van der Waals surface area contributed by atoms with Gasteiger partial charge in [-0.2, -0.15) is 0 Å². The summed E-state index contributed by atoms with van der Waals surface area (Å²) in [5.74, 6) is 0. The number of anilines is 6. The molecule has 6 heteroatoms. The molecule has 0 fully saturated rings. The van der Waals surface area contributed by atoms with Gasteiger partial charge in [0.2, 0.25) is 0 Å². The number of fused-ring (bicyclic) bond motifs is 19. The van der Waals surface area contributed by atoms with Crippen LogP contribution in [0, 0.1) is 0 Å². The van der Waals surface area contributed by atoms with E-state index in [0.29, 0.717) is 0 Å². The molecule has 11 aromatic carbocycles. The van der Waals surface area contributed by atoms with Gasteiger partial charge in [0.25, 0.3) is 0 Å². The second kappa shape index (κ2) is 12.8. The largest absolute Gasteiger partial charge is 0.456 e. The van der Waals surface area contributed by atoms with Gasteiger partial charge in [0.05, 0.1) is 0 Å². The second-order valence-corrected chi connectivity index (χ2v) is 27.9. The van der Waals surface area contributed by atoms with Crippen molar-refractivity contribution in [3.63, 3.8) is 0 Å². The molecule has 0 amide bonds. The van der Waals surface area contributed by atoms with Crippen molar-refractivity contribution < 1.29 is 8.83 Å². The summed E-state index contributed by atoms with van der Waals surface area (Å²) in [5, 5.41) is 18.0. The molecule has 2 unspecified atom stereocenters. The Bertz CT molecular complexity index is 4280. The third kappa shape index (κ3) is 4.44. The summed E-state index contributed by atoms with van der Waals surface area (Å²) in [7, 11) is -4.45. The molecule has 4 aliphatic heterocycles. The highest BCUT2D eigenvalue weighted by molar-refractivity contribution is 7.16. The van der Waals surface area contributed by atoms with Crippen molar-refractivity contribution in [1.82, 2.24) is 0 Å². The van der Waals surface area contributed by atoms with E-state index in [-0.39, 0.29) is 0 Å². The fraction of sp³-hybridized carbons (Fsp3) is 0.0312. The number of para-hydroxylation sites is 2. The van der Waals surface area contributed by atoms with E-state index >= 15 is 0 Å². The lowest BCUT2D eigenvalue weighted by molar-refractivity contribution is 0.663. The van der Waals surface area contributed by atoms with Gasteiger partial charge < -0.3 is 18.6 Å². The van der Waals surface area contributed by atoms with Gasteiger partial charge in [-0.3, -0.25) is 0 Å². The summed E-state index contributed by atoms with van der Waals surface area (Å²) in [5.41, 5.74) is 16.4. The van der Waals surface area contributed by atoms with Crippen molar-refractivity contribution in [1.29, 1.82) is 0 Å². The lowest BCUT2D eigenvalue weighted by Gasteiger charge is -2.41. The predicted octanol–water partition coefficient (Wildman–Crippen LogP) is 13.5. The average molecular weight is 925 g/mol. The minimum absolute atomic E-state index is 0.863. The summed E-state index contributed by atoms with van der Waals surface area (Å²) in [6, 6.07) is 77.4. The van der Waals surface area contributed by atoms with E-state index in [2.05, 4.69) is 229 Å². The quantitative estimate of drug-likeness (QED) is 0.162. The first-order valence-electron chi connectivity index (χ1n) is 24.4. The SMILES string of the molecule is C[Si]12c3ccccc3-c3cccc(c31)N(c1ccc3cc4c(cc3c1)oc1ccc3oc5cc6cc(N7c8ccccc8[Si]8(C)c9ccccc9-c9cccc7c98)ccc6cc5c3c14)c1ccccc12. The minimum atomic E-state index is -2.23. The molecule has 0 radical (unpaired) electrons. The lowest BCUT2D eigenvalue weighted by Crippen LogP contribution is -2.66. The standard InChI is InChI=1S/C64H40N2O2Si2/c1-69-57-21-7-3-13-43(57)45-15-11-19-51(63(45)69)65(49-17-5-9-23-59(49)69)41-27-25-37-33-47-55(35-39(37)31-41)67-53-29-30-54-62(61(47)53)48-34-38-26-28-42(32-40(38)36-56(48)68-54)66-50-18-6-10-24-60(50)70(2)58-22-8-4-14-44(58)46-16-12-20-52(66)64(46)70/h3-36H,1-2H3. The predicted molar refractivity (Wildman–Crippen MR) is 297 cm³/mol. The molecular formula is C64H40N2O2Si2. The highest BCUT2D eigenvalue weighted by Gasteiger charge is 2.51. The maximum atomic E-state index is 6.80. The molecule has 0 aliphatic carbocycles. The Morgan fingerprint density at radius 3 is 1.19 bits per heavy atom. The molecule has 13 aromatic rings. The highest BCUT2D eigenvalue weighted by Crippen LogP contribution is 2.48. The van der Waals surface area contributed by atoms with Gasteiger partial charge in [-0.15, -0.1) is 0 Å². The van der Waals surface area contributed by atoms with Crippen molar-refractivity contribution in [2.24, 2.45) is 0 Å². The van der Waals surface area contributed by atoms with Crippen molar-refractivity contribution in [3.8, 4) is 22.3 Å². The first-order chi connectivity index (χ1) is 34.4. The molecule has 17 rings (SSSR count). The molecular weight excluding hydrogens is 885 g/mol. The van der Waals surface area contributed by atoms with Crippen LogP contribution in [0.2, 0.25) is 13.1 Å². The Balaban J connectivity index is 0.800. The van der Waals surface area contributed by atoms with Crippen LogP contribution >= 0.6 is 0 Å². The van der Waals surface area contributed by atoms with Crippen LogP contribution in [0.4, 0.5) is 34.1 Å². The molecule has 0 saturated heterocycles. The van der Waals surface area contributed by atoms with Gasteiger partial charge >= 0.3 is 0 Å². The first kappa shape index (κ1) is 37.5. The van der Waals surface area contributed by atoms with Crippen molar-refractivity contribution in [3.05, 3.63) is 206 Å². The monoisotopic (exact) mass is 924 g/mol. The van der Waals surface area contributed by atoms with E-state index in [0.717, 1.165) is 66.0 Å². The molecule has 70 heavy (non-hydrogen) atoms. The Kier molecular flexibility index (Phi) is 6.87. The molecule has 4 aliphatic rings. The van der Waals surface area contributed by atoms with E-state index in [1.54, 1.807) is 0 Å². The maximum absolute atomic E-state index is 6.80. The smallest absolute Gasteiger partial charge is 0.152 e. The first-order valence-corrected chi connectivity index (χ1v) is 29.4. The van der Waals surface area contributed by atoms with Gasteiger partial charge in [-0.1, -0.05) is 134 Å². The van der Waals surface area contributed by atoms with Crippen molar-refractivity contribution in [2.75, 3.05) is 9.80 Å². The van der Waals surface area contributed by atoms with Crippen LogP contribution in [0.5, 0.6) is 0 Å². The fourth-order valence-corrected chi connectivity index (χ4v) is 23.2. The van der Waals surface area contributed by atoms with Crippen LogP contribution in [-0.2, 0) is 0 Å². The zero-order valence-electron chi connectivity index (χ0n) is 38.3. The molecule has 4 nitrogen and oxygen atoms in total. The van der Waals surface area contributed by atoms with E-state index in [4.69, 9.17) is 8.83 Å². The van der Waals surface area contributed by atoms with Crippen LogP contribution < -0.4 is 40.9 Å². The number of nitrogens with zero attached hydrogens (tertiary/aromatic N) is 2. The summed E-state index contributed by atoms with van der Waals surface area (Å²) in [6.07, 6.45) is 0. The Hall–Kier alpha value is -8.43. The Morgan fingerprint density at radius 2 is 0.714 bits per heavy atom. The number of rotatable bonds is 2. The van der Waals surface area contributed by atoms with Gasteiger partial charge in [0, 0.05) is 55.7 Å². The molecule has 0 saturated carbocycles. The van der Waals surface area contributed by atoms with E-state index in [1.807, 2.05) is 0 Å². The van der Waals surface area contributed by atoms with Crippen LogP contribution in [0.15, 0.2) is 215 Å². The van der Waals surface area contributed by atoms with E-state index in [1.165, 1.54) is 86.9 Å². The Morgan fingerprint density at radius 1 is 0.314 bits per heavy atom. The van der Waals surface area contributed by atoms with Gasteiger partial charge in [0.1, 0.15) is 22.3 Å².